The van der Waals surface area contributed by atoms with Crippen LogP contribution in [-0.4, -0.2) is 6.29 Å². The van der Waals surface area contributed by atoms with Crippen molar-refractivity contribution in [2.24, 2.45) is 5.92 Å². The molecule has 0 spiro atoms. The first-order chi connectivity index (χ1) is 8.24. The molecule has 0 aromatic heterocycles. The van der Waals surface area contributed by atoms with Gasteiger partial charge in [-0.1, -0.05) is 38.1 Å². The molecule has 0 heterocycles. The zero-order valence-corrected chi connectivity index (χ0v) is 10.8. The smallest absolute Gasteiger partial charge is 0.201 e. The maximum absolute atomic E-state index is 10.6. The molecule has 0 amide bonds. The van der Waals surface area contributed by atoms with Crippen molar-refractivity contribution >= 4 is 6.29 Å². The van der Waals surface area contributed by atoms with Crippen LogP contribution >= 0.6 is 0 Å². The molecule has 17 heavy (non-hydrogen) atoms. The minimum atomic E-state index is 0.175. The third-order valence-electron chi connectivity index (χ3n) is 4.19. The first kappa shape index (κ1) is 12.3. The van der Waals surface area contributed by atoms with E-state index in [0.717, 1.165) is 19.3 Å². The van der Waals surface area contributed by atoms with Crippen LogP contribution < -0.4 is 0 Å². The van der Waals surface area contributed by atoms with Crippen LogP contribution in [0.5, 0.6) is 0 Å². The van der Waals surface area contributed by atoms with E-state index in [0.29, 0.717) is 11.8 Å². The number of rotatable bonds is 4. The van der Waals surface area contributed by atoms with Crippen molar-refractivity contribution in [3.8, 4) is 0 Å². The minimum absolute atomic E-state index is 0.175. The molecule has 2 rings (SSSR count). The van der Waals surface area contributed by atoms with Crippen LogP contribution in [0.2, 0.25) is 0 Å². The molecule has 1 fully saturated rings. The van der Waals surface area contributed by atoms with Crippen LogP contribution in [0.4, 0.5) is 0 Å². The van der Waals surface area contributed by atoms with Crippen LogP contribution in [0, 0.1) is 5.92 Å². The lowest BCUT2D eigenvalue weighted by molar-refractivity contribution is 0.521. The molecule has 1 heteroatoms. The van der Waals surface area contributed by atoms with E-state index in [4.69, 9.17) is 0 Å². The van der Waals surface area contributed by atoms with Crippen LogP contribution in [0.25, 0.3) is 0 Å². The van der Waals surface area contributed by atoms with Gasteiger partial charge in [0.2, 0.25) is 6.29 Å². The first-order valence-corrected chi connectivity index (χ1v) is 6.72. The molecule has 1 aliphatic carbocycles. The second-order valence-electron chi connectivity index (χ2n) is 5.30. The van der Waals surface area contributed by atoms with Crippen molar-refractivity contribution in [1.82, 2.24) is 0 Å². The number of hydrogen-bond acceptors (Lipinski definition) is 1. The van der Waals surface area contributed by atoms with Gasteiger partial charge in [0.15, 0.2) is 0 Å². The summed E-state index contributed by atoms with van der Waals surface area (Å²) in [6.45, 7) is 4.49. The van der Waals surface area contributed by atoms with Gasteiger partial charge in [-0.15, -0.1) is 0 Å². The molecule has 1 nitrogen and oxygen atoms in total. The zero-order valence-electron chi connectivity index (χ0n) is 10.8. The van der Waals surface area contributed by atoms with Gasteiger partial charge in [-0.2, -0.15) is 0 Å². The average molecular weight is 229 g/mol. The highest BCUT2D eigenvalue weighted by atomic mass is 16.1. The summed E-state index contributed by atoms with van der Waals surface area (Å²) in [5, 5.41) is 0. The van der Waals surface area contributed by atoms with E-state index in [2.05, 4.69) is 44.4 Å². The second-order valence-corrected chi connectivity index (χ2v) is 5.30. The van der Waals surface area contributed by atoms with Crippen molar-refractivity contribution in [2.45, 2.75) is 51.4 Å². The SMILES string of the molecule is CCC(C)c1ccc(C2CCC([C]=O)C2)cc1. The molecule has 0 aliphatic heterocycles. The molecule has 0 N–H and O–H groups in total. The Morgan fingerprint density at radius 2 is 2.00 bits per heavy atom. The monoisotopic (exact) mass is 229 g/mol. The predicted molar refractivity (Wildman–Crippen MR) is 70.9 cm³/mol. The molecule has 1 saturated carbocycles. The van der Waals surface area contributed by atoms with E-state index in [9.17, 15) is 4.79 Å². The van der Waals surface area contributed by atoms with Gasteiger partial charge in [0.25, 0.3) is 0 Å². The first-order valence-electron chi connectivity index (χ1n) is 6.72. The van der Waals surface area contributed by atoms with Crippen molar-refractivity contribution in [1.29, 1.82) is 0 Å². The normalized spacial score (nSPS) is 25.8. The average Bonchev–Trinajstić information content (AvgIpc) is 2.87. The molecule has 0 saturated heterocycles. The fraction of sp³-hybridized carbons (Fsp3) is 0.562. The van der Waals surface area contributed by atoms with Gasteiger partial charge < -0.3 is 0 Å². The Balaban J connectivity index is 2.05. The van der Waals surface area contributed by atoms with E-state index in [1.54, 1.807) is 0 Å². The van der Waals surface area contributed by atoms with E-state index in [1.807, 2.05) is 0 Å². The molecule has 3 atom stereocenters. The van der Waals surface area contributed by atoms with E-state index < -0.39 is 0 Å². The van der Waals surface area contributed by atoms with Gasteiger partial charge in [-0.3, -0.25) is 4.79 Å². The molecule has 1 aromatic carbocycles. The Morgan fingerprint density at radius 3 is 2.53 bits per heavy atom. The van der Waals surface area contributed by atoms with Crippen molar-refractivity contribution in [2.75, 3.05) is 0 Å². The molecule has 1 aliphatic rings. The zero-order chi connectivity index (χ0) is 12.3. The Labute approximate surface area is 104 Å². The quantitative estimate of drug-likeness (QED) is 0.756. The Morgan fingerprint density at radius 1 is 1.29 bits per heavy atom. The summed E-state index contributed by atoms with van der Waals surface area (Å²) in [5.41, 5.74) is 2.82. The summed E-state index contributed by atoms with van der Waals surface area (Å²) >= 11 is 0. The number of carbonyl (C=O) groups excluding carboxylic acids is 1. The highest BCUT2D eigenvalue weighted by Gasteiger charge is 2.25. The standard InChI is InChI=1S/C16H21O/c1-3-12(2)14-6-8-15(9-7-14)16-5-4-13(10-16)11-17/h6-9,12-13,16H,3-5,10H2,1-2H3. The highest BCUT2D eigenvalue weighted by Crippen LogP contribution is 2.37. The van der Waals surface area contributed by atoms with Crippen LogP contribution in [-0.2, 0) is 4.79 Å². The van der Waals surface area contributed by atoms with Crippen LogP contribution in [0.15, 0.2) is 24.3 Å². The lowest BCUT2D eigenvalue weighted by Crippen LogP contribution is -1.98. The molecule has 1 aromatic rings. The summed E-state index contributed by atoms with van der Waals surface area (Å²) in [7, 11) is 0. The van der Waals surface area contributed by atoms with E-state index in [1.165, 1.54) is 17.5 Å². The van der Waals surface area contributed by atoms with Gasteiger partial charge in [0.05, 0.1) is 0 Å². The molecular formula is C16H21O. The van der Waals surface area contributed by atoms with Gasteiger partial charge in [-0.25, -0.2) is 0 Å². The lowest BCUT2D eigenvalue weighted by Gasteiger charge is -2.13. The van der Waals surface area contributed by atoms with Gasteiger partial charge in [0.1, 0.15) is 0 Å². The Kier molecular flexibility index (Phi) is 3.98. The van der Waals surface area contributed by atoms with Crippen molar-refractivity contribution in [3.63, 3.8) is 0 Å². The fourth-order valence-corrected chi connectivity index (χ4v) is 2.72. The number of benzene rings is 1. The van der Waals surface area contributed by atoms with Gasteiger partial charge >= 0.3 is 0 Å². The maximum atomic E-state index is 10.6. The van der Waals surface area contributed by atoms with E-state index in [-0.39, 0.29) is 5.92 Å². The summed E-state index contributed by atoms with van der Waals surface area (Å²) < 4.78 is 0. The van der Waals surface area contributed by atoms with E-state index >= 15 is 0 Å². The van der Waals surface area contributed by atoms with Crippen LogP contribution in [0.1, 0.15) is 62.5 Å². The summed E-state index contributed by atoms with van der Waals surface area (Å²) in [5.74, 6) is 1.39. The van der Waals surface area contributed by atoms with Gasteiger partial charge in [-0.05, 0) is 48.6 Å². The molecule has 0 bridgehead atoms. The second kappa shape index (κ2) is 5.48. The predicted octanol–water partition coefficient (Wildman–Crippen LogP) is 4.19. The van der Waals surface area contributed by atoms with Gasteiger partial charge in [0, 0.05) is 5.92 Å². The largest absolute Gasteiger partial charge is 0.291 e. The minimum Gasteiger partial charge on any atom is -0.291 e. The van der Waals surface area contributed by atoms with Crippen molar-refractivity contribution in [3.05, 3.63) is 35.4 Å². The Hall–Kier alpha value is -1.11. The molecule has 91 valence electrons. The summed E-state index contributed by atoms with van der Waals surface area (Å²) in [6, 6.07) is 9.00. The summed E-state index contributed by atoms with van der Waals surface area (Å²) in [4.78, 5) is 10.6. The summed E-state index contributed by atoms with van der Waals surface area (Å²) in [6.07, 6.45) is 6.49. The molecule has 3 unspecified atom stereocenters. The highest BCUT2D eigenvalue weighted by molar-refractivity contribution is 5.55. The molecule has 1 radical (unpaired) electrons. The lowest BCUT2D eigenvalue weighted by atomic mass is 9.92. The topological polar surface area (TPSA) is 17.1 Å². The fourth-order valence-electron chi connectivity index (χ4n) is 2.72. The third kappa shape index (κ3) is 2.77. The maximum Gasteiger partial charge on any atom is 0.201 e. The molecular weight excluding hydrogens is 208 g/mol. The van der Waals surface area contributed by atoms with Crippen LogP contribution in [0.3, 0.4) is 0 Å². The van der Waals surface area contributed by atoms with Crippen molar-refractivity contribution < 1.29 is 4.79 Å². The number of hydrogen-bond donors (Lipinski definition) is 0. The Bertz CT molecular complexity index is 366. The third-order valence-corrected chi connectivity index (χ3v) is 4.19.